The average Bonchev–Trinajstić information content (AvgIpc) is 2.77. The molecule has 0 saturated heterocycles. The van der Waals surface area contributed by atoms with Crippen LogP contribution in [0, 0.1) is 0 Å². The zero-order chi connectivity index (χ0) is 11.3. The lowest BCUT2D eigenvalue weighted by Crippen LogP contribution is -2.36. The molecule has 0 aromatic heterocycles. The van der Waals surface area contributed by atoms with Crippen molar-refractivity contribution in [3.05, 3.63) is 46.0 Å². The minimum absolute atomic E-state index is 0.0747. The fraction of sp³-hybridized carbons (Fsp3) is 0.231. The van der Waals surface area contributed by atoms with E-state index in [0.29, 0.717) is 10.9 Å². The number of hydrogen-bond donors (Lipinski definition) is 0. The molecular formula is C13H9BrO2. The molecule has 0 bridgehead atoms. The summed E-state index contributed by atoms with van der Waals surface area (Å²) in [4.78, 5) is 24.2. The summed E-state index contributed by atoms with van der Waals surface area (Å²) in [5.41, 5.74) is 1.12. The Morgan fingerprint density at radius 3 is 2.62 bits per heavy atom. The van der Waals surface area contributed by atoms with Gasteiger partial charge in [0.15, 0.2) is 11.6 Å². The highest BCUT2D eigenvalue weighted by Gasteiger charge is 2.54. The van der Waals surface area contributed by atoms with Gasteiger partial charge in [0.05, 0.1) is 4.48 Å². The fourth-order valence-electron chi connectivity index (χ4n) is 2.72. The first-order valence-electron chi connectivity index (χ1n) is 5.21. The summed E-state index contributed by atoms with van der Waals surface area (Å²) >= 11 is 3.17. The first kappa shape index (κ1) is 9.97. The summed E-state index contributed by atoms with van der Waals surface area (Å²) in [5, 5.41) is 0. The van der Waals surface area contributed by atoms with E-state index in [1.807, 2.05) is 24.3 Å². The van der Waals surface area contributed by atoms with E-state index in [2.05, 4.69) is 15.9 Å². The monoisotopic (exact) mass is 276 g/mol. The average molecular weight is 277 g/mol. The highest BCUT2D eigenvalue weighted by molar-refractivity contribution is 9.12. The molecule has 0 amide bonds. The Bertz CT molecular complexity index is 545. The van der Waals surface area contributed by atoms with Gasteiger partial charge in [0.25, 0.3) is 0 Å². The van der Waals surface area contributed by atoms with Crippen molar-refractivity contribution in [2.75, 3.05) is 0 Å². The number of hydrogen-bond acceptors (Lipinski definition) is 2. The van der Waals surface area contributed by atoms with E-state index < -0.39 is 5.41 Å². The van der Waals surface area contributed by atoms with Crippen LogP contribution in [0.5, 0.6) is 0 Å². The smallest absolute Gasteiger partial charge is 0.188 e. The van der Waals surface area contributed by atoms with Gasteiger partial charge in [0.1, 0.15) is 5.41 Å². The second-order valence-corrected chi connectivity index (χ2v) is 5.10. The van der Waals surface area contributed by atoms with Crippen LogP contribution in [0.4, 0.5) is 0 Å². The second-order valence-electron chi connectivity index (χ2n) is 4.25. The quantitative estimate of drug-likeness (QED) is 0.682. The van der Waals surface area contributed by atoms with Gasteiger partial charge in [-0.05, 0) is 39.9 Å². The molecule has 0 radical (unpaired) electrons. The maximum Gasteiger partial charge on any atom is 0.188 e. The molecule has 0 unspecified atom stereocenters. The van der Waals surface area contributed by atoms with Crippen LogP contribution in [0.3, 0.4) is 0 Å². The molecule has 3 rings (SSSR count). The molecule has 3 heteroatoms. The van der Waals surface area contributed by atoms with Crippen LogP contribution in [0.1, 0.15) is 17.5 Å². The number of benzene rings is 1. The third-order valence-electron chi connectivity index (χ3n) is 3.53. The van der Waals surface area contributed by atoms with E-state index in [9.17, 15) is 9.59 Å². The molecule has 0 fully saturated rings. The number of ketones is 2. The van der Waals surface area contributed by atoms with Gasteiger partial charge >= 0.3 is 0 Å². The summed E-state index contributed by atoms with van der Waals surface area (Å²) < 4.78 is 0.411. The molecule has 1 spiro atoms. The molecule has 1 aromatic rings. The van der Waals surface area contributed by atoms with Crippen molar-refractivity contribution in [2.45, 2.75) is 18.3 Å². The fourth-order valence-corrected chi connectivity index (χ4v) is 3.27. The molecule has 2 nitrogen and oxygen atoms in total. The summed E-state index contributed by atoms with van der Waals surface area (Å²) in [6.07, 6.45) is 2.84. The number of halogens is 1. The predicted molar refractivity (Wildman–Crippen MR) is 63.5 cm³/mol. The Morgan fingerprint density at radius 1 is 1.19 bits per heavy atom. The van der Waals surface area contributed by atoms with Crippen LogP contribution in [-0.4, -0.2) is 11.6 Å². The lowest BCUT2D eigenvalue weighted by atomic mass is 9.78. The summed E-state index contributed by atoms with van der Waals surface area (Å²) in [6.45, 7) is 0. The molecule has 0 aliphatic heterocycles. The van der Waals surface area contributed by atoms with Crippen molar-refractivity contribution in [3.63, 3.8) is 0 Å². The van der Waals surface area contributed by atoms with Gasteiger partial charge in [0, 0.05) is 6.08 Å². The van der Waals surface area contributed by atoms with Crippen LogP contribution in [-0.2, 0) is 21.4 Å². The maximum absolute atomic E-state index is 12.2. The summed E-state index contributed by atoms with van der Waals surface area (Å²) in [7, 11) is 0. The first-order valence-corrected chi connectivity index (χ1v) is 6.00. The van der Waals surface area contributed by atoms with Gasteiger partial charge in [-0.1, -0.05) is 24.3 Å². The molecule has 0 N–H and O–H groups in total. The van der Waals surface area contributed by atoms with E-state index in [4.69, 9.17) is 0 Å². The molecule has 1 atom stereocenters. The van der Waals surface area contributed by atoms with Crippen LogP contribution in [0.25, 0.3) is 0 Å². The Hall–Kier alpha value is -1.22. The van der Waals surface area contributed by atoms with E-state index in [1.165, 1.54) is 6.08 Å². The summed E-state index contributed by atoms with van der Waals surface area (Å²) in [6, 6.07) is 7.73. The highest BCUT2D eigenvalue weighted by Crippen LogP contribution is 2.46. The Kier molecular flexibility index (Phi) is 1.96. The number of carbonyl (C=O) groups is 2. The molecule has 2 aliphatic rings. The zero-order valence-corrected chi connectivity index (χ0v) is 10.1. The van der Waals surface area contributed by atoms with E-state index >= 15 is 0 Å². The third-order valence-corrected chi connectivity index (χ3v) is 4.12. The summed E-state index contributed by atoms with van der Waals surface area (Å²) in [5.74, 6) is -0.156. The van der Waals surface area contributed by atoms with E-state index in [0.717, 1.165) is 17.5 Å². The minimum Gasteiger partial charge on any atom is -0.293 e. The molecular weight excluding hydrogens is 268 g/mol. The molecule has 1 aromatic carbocycles. The molecule has 0 saturated carbocycles. The van der Waals surface area contributed by atoms with Gasteiger partial charge in [-0.2, -0.15) is 0 Å². The van der Waals surface area contributed by atoms with Crippen molar-refractivity contribution in [3.8, 4) is 0 Å². The van der Waals surface area contributed by atoms with Crippen LogP contribution >= 0.6 is 15.9 Å². The topological polar surface area (TPSA) is 34.1 Å². The van der Waals surface area contributed by atoms with Crippen molar-refractivity contribution in [1.29, 1.82) is 0 Å². The number of aryl methyl sites for hydroxylation is 1. The lowest BCUT2D eigenvalue weighted by molar-refractivity contribution is -0.128. The minimum atomic E-state index is -0.907. The second kappa shape index (κ2) is 3.14. The Labute approximate surface area is 101 Å². The lowest BCUT2D eigenvalue weighted by Gasteiger charge is -2.20. The van der Waals surface area contributed by atoms with Gasteiger partial charge in [-0.25, -0.2) is 0 Å². The van der Waals surface area contributed by atoms with Crippen LogP contribution in [0.15, 0.2) is 34.8 Å². The van der Waals surface area contributed by atoms with E-state index in [1.54, 1.807) is 0 Å². The Morgan fingerprint density at radius 2 is 1.94 bits per heavy atom. The van der Waals surface area contributed by atoms with Crippen molar-refractivity contribution < 1.29 is 9.59 Å². The Balaban J connectivity index is 2.24. The largest absolute Gasteiger partial charge is 0.293 e. The van der Waals surface area contributed by atoms with Gasteiger partial charge in [-0.3, -0.25) is 9.59 Å². The molecule has 0 heterocycles. The molecule has 2 aliphatic carbocycles. The standard InChI is InChI=1S/C13H9BrO2/c14-10-7-11(15)13(12(10)16)6-5-8-3-1-2-4-9(8)13/h1-4,7H,5-6H2/t13-/m0/s1. The van der Waals surface area contributed by atoms with Gasteiger partial charge < -0.3 is 0 Å². The van der Waals surface area contributed by atoms with Gasteiger partial charge in [0.2, 0.25) is 0 Å². The molecule has 80 valence electrons. The first-order chi connectivity index (χ1) is 7.66. The third kappa shape index (κ3) is 1.02. The van der Waals surface area contributed by atoms with Crippen LogP contribution in [0.2, 0.25) is 0 Å². The predicted octanol–water partition coefficient (Wildman–Crippen LogP) is 2.30. The normalized spacial score (nSPS) is 27.4. The molecule has 16 heavy (non-hydrogen) atoms. The van der Waals surface area contributed by atoms with Crippen LogP contribution < -0.4 is 0 Å². The number of allylic oxidation sites excluding steroid dienone is 2. The number of fused-ring (bicyclic) bond motifs is 2. The number of Topliss-reactive ketones (excluding diaryl/α,β-unsaturated/α-hetero) is 1. The maximum atomic E-state index is 12.2. The SMILES string of the molecule is O=C1C=C(Br)C(=O)[C@]12CCc1ccccc12. The van der Waals surface area contributed by atoms with Crippen molar-refractivity contribution in [1.82, 2.24) is 0 Å². The zero-order valence-electron chi connectivity index (χ0n) is 8.50. The number of rotatable bonds is 0. The highest BCUT2D eigenvalue weighted by atomic mass is 79.9. The van der Waals surface area contributed by atoms with Crippen molar-refractivity contribution in [2.24, 2.45) is 0 Å². The van der Waals surface area contributed by atoms with E-state index in [-0.39, 0.29) is 11.6 Å². The van der Waals surface area contributed by atoms with Gasteiger partial charge in [-0.15, -0.1) is 0 Å². The van der Waals surface area contributed by atoms with Crippen molar-refractivity contribution >= 4 is 27.5 Å². The number of carbonyl (C=O) groups excluding carboxylic acids is 2.